The first-order chi connectivity index (χ1) is 10.1. The molecule has 116 valence electrons. The maximum absolute atomic E-state index is 12.2. The Morgan fingerprint density at radius 3 is 2.38 bits per heavy atom. The van der Waals surface area contributed by atoms with Crippen LogP contribution in [0.25, 0.3) is 0 Å². The fraction of sp³-hybridized carbons (Fsp3) is 0.588. The van der Waals surface area contributed by atoms with Crippen molar-refractivity contribution >= 4 is 11.6 Å². The predicted molar refractivity (Wildman–Crippen MR) is 85.7 cm³/mol. The van der Waals surface area contributed by atoms with Crippen molar-refractivity contribution in [1.29, 1.82) is 0 Å². The summed E-state index contributed by atoms with van der Waals surface area (Å²) < 4.78 is 0. The minimum Gasteiger partial charge on any atom is -0.396 e. The molecular formula is C17H26N2O2. The Kier molecular flexibility index (Phi) is 5.62. The van der Waals surface area contributed by atoms with Crippen molar-refractivity contribution in [3.05, 3.63) is 29.8 Å². The molecule has 2 N–H and O–H groups in total. The summed E-state index contributed by atoms with van der Waals surface area (Å²) in [5.74, 6) is 0.426. The van der Waals surface area contributed by atoms with Crippen molar-refractivity contribution in [2.45, 2.75) is 38.6 Å². The second-order valence-electron chi connectivity index (χ2n) is 5.93. The van der Waals surface area contributed by atoms with Gasteiger partial charge in [0.1, 0.15) is 0 Å². The van der Waals surface area contributed by atoms with E-state index in [-0.39, 0.29) is 18.6 Å². The number of carbonyl (C=O) groups is 1. The van der Waals surface area contributed by atoms with E-state index in [1.54, 1.807) is 0 Å². The van der Waals surface area contributed by atoms with E-state index in [0.29, 0.717) is 11.5 Å². The summed E-state index contributed by atoms with van der Waals surface area (Å²) in [6.07, 6.45) is 3.94. The molecule has 1 aliphatic rings. The Morgan fingerprint density at radius 1 is 1.24 bits per heavy atom. The zero-order valence-electron chi connectivity index (χ0n) is 13.0. The molecule has 1 fully saturated rings. The lowest BCUT2D eigenvalue weighted by molar-refractivity contribution is 0.0914. The van der Waals surface area contributed by atoms with Gasteiger partial charge in [0.15, 0.2) is 0 Å². The van der Waals surface area contributed by atoms with E-state index in [1.807, 2.05) is 31.3 Å². The molecular weight excluding hydrogens is 264 g/mol. The average molecular weight is 290 g/mol. The molecule has 4 heteroatoms. The van der Waals surface area contributed by atoms with Gasteiger partial charge < -0.3 is 15.3 Å². The molecule has 0 atom stereocenters. The van der Waals surface area contributed by atoms with Gasteiger partial charge in [0, 0.05) is 37.5 Å². The summed E-state index contributed by atoms with van der Waals surface area (Å²) >= 11 is 0. The second-order valence-corrected chi connectivity index (χ2v) is 5.93. The van der Waals surface area contributed by atoms with Crippen LogP contribution < -0.4 is 10.2 Å². The fourth-order valence-electron chi connectivity index (χ4n) is 2.81. The SMILES string of the molecule is CCN(C)c1ccc(C(=O)NC2CCC(CO)CC2)cc1. The van der Waals surface area contributed by atoms with Crippen LogP contribution >= 0.6 is 0 Å². The van der Waals surface area contributed by atoms with Gasteiger partial charge in [-0.1, -0.05) is 0 Å². The predicted octanol–water partition coefficient (Wildman–Crippen LogP) is 2.42. The number of rotatable bonds is 5. The number of nitrogens with one attached hydrogen (secondary N) is 1. The summed E-state index contributed by atoms with van der Waals surface area (Å²) in [5, 5.41) is 12.2. The number of nitrogens with zero attached hydrogens (tertiary/aromatic N) is 1. The molecule has 0 aromatic heterocycles. The molecule has 1 aromatic rings. The van der Waals surface area contributed by atoms with Gasteiger partial charge in [0.2, 0.25) is 0 Å². The van der Waals surface area contributed by atoms with Gasteiger partial charge in [-0.3, -0.25) is 4.79 Å². The lowest BCUT2D eigenvalue weighted by Gasteiger charge is -2.28. The van der Waals surface area contributed by atoms with Crippen LogP contribution in [-0.2, 0) is 0 Å². The molecule has 0 heterocycles. The third-order valence-electron chi connectivity index (χ3n) is 4.48. The first-order valence-electron chi connectivity index (χ1n) is 7.87. The normalized spacial score (nSPS) is 21.9. The van der Waals surface area contributed by atoms with Crippen molar-refractivity contribution in [1.82, 2.24) is 5.32 Å². The Labute approximate surface area is 127 Å². The number of aliphatic hydroxyl groups excluding tert-OH is 1. The number of amides is 1. The Balaban J connectivity index is 1.89. The number of hydrogen-bond donors (Lipinski definition) is 2. The van der Waals surface area contributed by atoms with Crippen LogP contribution in [0, 0.1) is 5.92 Å². The van der Waals surface area contributed by atoms with Gasteiger partial charge in [-0.25, -0.2) is 0 Å². The molecule has 0 saturated heterocycles. The van der Waals surface area contributed by atoms with Gasteiger partial charge in [0.05, 0.1) is 0 Å². The molecule has 0 spiro atoms. The third kappa shape index (κ3) is 4.21. The van der Waals surface area contributed by atoms with Crippen LogP contribution in [0.2, 0.25) is 0 Å². The number of hydrogen-bond acceptors (Lipinski definition) is 3. The zero-order valence-corrected chi connectivity index (χ0v) is 13.0. The van der Waals surface area contributed by atoms with E-state index < -0.39 is 0 Å². The molecule has 0 unspecified atom stereocenters. The summed E-state index contributed by atoms with van der Waals surface area (Å²) in [5.41, 5.74) is 1.84. The van der Waals surface area contributed by atoms with Crippen LogP contribution in [0.4, 0.5) is 5.69 Å². The molecule has 4 nitrogen and oxygen atoms in total. The second kappa shape index (κ2) is 7.46. The van der Waals surface area contributed by atoms with Crippen LogP contribution in [0.3, 0.4) is 0 Å². The van der Waals surface area contributed by atoms with Crippen LogP contribution in [0.15, 0.2) is 24.3 Å². The summed E-state index contributed by atoms with van der Waals surface area (Å²) in [6.45, 7) is 3.32. The smallest absolute Gasteiger partial charge is 0.251 e. The molecule has 1 amide bonds. The van der Waals surface area contributed by atoms with Gasteiger partial charge in [0.25, 0.3) is 5.91 Å². The Bertz CT molecular complexity index is 450. The van der Waals surface area contributed by atoms with E-state index in [9.17, 15) is 4.79 Å². The van der Waals surface area contributed by atoms with E-state index in [4.69, 9.17) is 5.11 Å². The highest BCUT2D eigenvalue weighted by Gasteiger charge is 2.22. The minimum atomic E-state index is 0.00755. The van der Waals surface area contributed by atoms with Gasteiger partial charge in [-0.2, -0.15) is 0 Å². The lowest BCUT2D eigenvalue weighted by atomic mass is 9.86. The van der Waals surface area contributed by atoms with Gasteiger partial charge in [-0.05, 0) is 62.8 Å². The molecule has 0 bridgehead atoms. The Hall–Kier alpha value is -1.55. The zero-order chi connectivity index (χ0) is 15.2. The van der Waals surface area contributed by atoms with Gasteiger partial charge in [-0.15, -0.1) is 0 Å². The van der Waals surface area contributed by atoms with Crippen molar-refractivity contribution in [3.63, 3.8) is 0 Å². The maximum Gasteiger partial charge on any atom is 0.251 e. The minimum absolute atomic E-state index is 0.00755. The topological polar surface area (TPSA) is 52.6 Å². The lowest BCUT2D eigenvalue weighted by Crippen LogP contribution is -2.38. The summed E-state index contributed by atoms with van der Waals surface area (Å²) in [4.78, 5) is 14.4. The largest absolute Gasteiger partial charge is 0.396 e. The van der Waals surface area contributed by atoms with Crippen molar-refractivity contribution in [2.24, 2.45) is 5.92 Å². The van der Waals surface area contributed by atoms with Crippen LogP contribution in [-0.4, -0.2) is 37.3 Å². The molecule has 1 aliphatic carbocycles. The van der Waals surface area contributed by atoms with Crippen molar-refractivity contribution in [2.75, 3.05) is 25.1 Å². The molecule has 0 radical (unpaired) electrons. The number of aliphatic hydroxyl groups is 1. The Morgan fingerprint density at radius 2 is 1.86 bits per heavy atom. The maximum atomic E-state index is 12.2. The van der Waals surface area contributed by atoms with Crippen LogP contribution in [0.1, 0.15) is 43.0 Å². The molecule has 21 heavy (non-hydrogen) atoms. The summed E-state index contributed by atoms with van der Waals surface area (Å²) in [6, 6.07) is 7.99. The monoisotopic (exact) mass is 290 g/mol. The molecule has 0 aliphatic heterocycles. The molecule has 1 aromatic carbocycles. The quantitative estimate of drug-likeness (QED) is 0.875. The van der Waals surface area contributed by atoms with E-state index in [2.05, 4.69) is 17.1 Å². The molecule has 2 rings (SSSR count). The van der Waals surface area contributed by atoms with E-state index >= 15 is 0 Å². The standard InChI is InChI=1S/C17H26N2O2/c1-3-19(2)16-10-6-14(7-11-16)17(21)18-15-8-4-13(12-20)5-9-15/h6-7,10-11,13,15,20H,3-5,8-9,12H2,1-2H3,(H,18,21). The van der Waals surface area contributed by atoms with E-state index in [1.165, 1.54) is 0 Å². The fourth-order valence-corrected chi connectivity index (χ4v) is 2.81. The highest BCUT2D eigenvalue weighted by atomic mass is 16.3. The number of carbonyl (C=O) groups excluding carboxylic acids is 1. The third-order valence-corrected chi connectivity index (χ3v) is 4.48. The first-order valence-corrected chi connectivity index (χ1v) is 7.87. The van der Waals surface area contributed by atoms with Crippen molar-refractivity contribution in [3.8, 4) is 0 Å². The van der Waals surface area contributed by atoms with Gasteiger partial charge >= 0.3 is 0 Å². The highest BCUT2D eigenvalue weighted by Crippen LogP contribution is 2.24. The average Bonchev–Trinajstić information content (AvgIpc) is 2.55. The molecule has 1 saturated carbocycles. The highest BCUT2D eigenvalue weighted by molar-refractivity contribution is 5.94. The van der Waals surface area contributed by atoms with Crippen LogP contribution in [0.5, 0.6) is 0 Å². The summed E-state index contributed by atoms with van der Waals surface area (Å²) in [7, 11) is 2.04. The van der Waals surface area contributed by atoms with Crippen molar-refractivity contribution < 1.29 is 9.90 Å². The number of benzene rings is 1. The van der Waals surface area contributed by atoms with E-state index in [0.717, 1.165) is 37.9 Å². The first kappa shape index (κ1) is 15.8. The number of anilines is 1.